The number of nitrogens with zero attached hydrogens (tertiary/aromatic N) is 1. The van der Waals surface area contributed by atoms with E-state index in [2.05, 4.69) is 29.6 Å². The summed E-state index contributed by atoms with van der Waals surface area (Å²) in [5.74, 6) is 0. The Labute approximate surface area is 128 Å². The molecule has 0 fully saturated rings. The topological polar surface area (TPSA) is 41.6 Å². The van der Waals surface area contributed by atoms with E-state index in [-0.39, 0.29) is 6.09 Å². The zero-order valence-corrected chi connectivity index (χ0v) is 13.2. The summed E-state index contributed by atoms with van der Waals surface area (Å²) in [7, 11) is 5.07. The number of anilines is 2. The van der Waals surface area contributed by atoms with E-state index in [9.17, 15) is 4.79 Å². The van der Waals surface area contributed by atoms with Crippen LogP contribution in [0.1, 0.15) is 11.1 Å². The summed E-state index contributed by atoms with van der Waals surface area (Å²) in [6.45, 7) is 0. The highest BCUT2D eigenvalue weighted by Crippen LogP contribution is 2.43. The van der Waals surface area contributed by atoms with Gasteiger partial charge in [0, 0.05) is 24.7 Å². The molecule has 1 aromatic carbocycles. The molecule has 3 rings (SSSR count). The van der Waals surface area contributed by atoms with Crippen LogP contribution in [0.15, 0.2) is 24.3 Å². The summed E-state index contributed by atoms with van der Waals surface area (Å²) in [6, 6.07) is 8.59. The van der Waals surface area contributed by atoms with Crippen LogP contribution < -0.4 is 10.2 Å². The van der Waals surface area contributed by atoms with E-state index in [0.29, 0.717) is 0 Å². The van der Waals surface area contributed by atoms with Crippen molar-refractivity contribution in [2.45, 2.75) is 12.8 Å². The van der Waals surface area contributed by atoms with Crippen LogP contribution in [-0.4, -0.2) is 27.3 Å². The van der Waals surface area contributed by atoms with E-state index in [1.807, 2.05) is 7.05 Å². The third-order valence-electron chi connectivity index (χ3n) is 3.88. The van der Waals surface area contributed by atoms with Crippen LogP contribution in [-0.2, 0) is 17.6 Å². The van der Waals surface area contributed by atoms with Gasteiger partial charge in [-0.05, 0) is 47.7 Å². The van der Waals surface area contributed by atoms with Crippen molar-refractivity contribution in [1.29, 1.82) is 0 Å². The van der Waals surface area contributed by atoms with Gasteiger partial charge in [-0.15, -0.1) is 11.3 Å². The van der Waals surface area contributed by atoms with Gasteiger partial charge in [-0.25, -0.2) is 4.79 Å². The van der Waals surface area contributed by atoms with Gasteiger partial charge in [-0.2, -0.15) is 0 Å². The van der Waals surface area contributed by atoms with Crippen LogP contribution in [0, 0.1) is 0 Å². The molecule has 1 aliphatic carbocycles. The molecule has 1 amide bonds. The predicted molar refractivity (Wildman–Crippen MR) is 87.5 cm³/mol. The van der Waals surface area contributed by atoms with Gasteiger partial charge in [-0.3, -0.25) is 4.90 Å². The second-order valence-electron chi connectivity index (χ2n) is 5.09. The first kappa shape index (κ1) is 13.9. The number of ether oxygens (including phenoxy) is 1. The van der Waals surface area contributed by atoms with E-state index < -0.39 is 0 Å². The average molecular weight is 302 g/mol. The molecule has 0 spiro atoms. The molecule has 0 saturated carbocycles. The first-order valence-electron chi connectivity index (χ1n) is 6.89. The maximum absolute atomic E-state index is 11.7. The summed E-state index contributed by atoms with van der Waals surface area (Å²) >= 11 is 1.65. The second kappa shape index (κ2) is 5.41. The van der Waals surface area contributed by atoms with Gasteiger partial charge >= 0.3 is 6.09 Å². The fraction of sp³-hybridized carbons (Fsp3) is 0.312. The van der Waals surface area contributed by atoms with Gasteiger partial charge in [0.2, 0.25) is 0 Å². The van der Waals surface area contributed by atoms with Crippen LogP contribution in [0.5, 0.6) is 0 Å². The van der Waals surface area contributed by atoms with Crippen molar-refractivity contribution in [2.75, 3.05) is 31.4 Å². The normalized spacial score (nSPS) is 12.3. The minimum Gasteiger partial charge on any atom is -0.452 e. The smallest absolute Gasteiger partial charge is 0.414 e. The lowest BCUT2D eigenvalue weighted by Gasteiger charge is -2.17. The monoisotopic (exact) mass is 302 g/mol. The number of hydrogen-bond acceptors (Lipinski definition) is 4. The van der Waals surface area contributed by atoms with Gasteiger partial charge in [0.05, 0.1) is 7.11 Å². The Hall–Kier alpha value is -2.01. The Bertz CT molecular complexity index is 694. The molecule has 1 aliphatic rings. The number of hydrogen-bond donors (Lipinski definition) is 1. The molecule has 0 unspecified atom stereocenters. The molecule has 21 heavy (non-hydrogen) atoms. The third kappa shape index (κ3) is 2.38. The molecule has 0 radical (unpaired) electrons. The highest BCUT2D eigenvalue weighted by molar-refractivity contribution is 7.19. The van der Waals surface area contributed by atoms with Crippen LogP contribution >= 0.6 is 11.3 Å². The predicted octanol–water partition coefficient (Wildman–Crippen LogP) is 3.76. The summed E-state index contributed by atoms with van der Waals surface area (Å²) in [4.78, 5) is 14.5. The summed E-state index contributed by atoms with van der Waals surface area (Å²) in [6.07, 6.45) is 1.73. The Kier molecular flexibility index (Phi) is 3.59. The number of carbonyl (C=O) groups excluding carboxylic acids is 1. The molecule has 0 saturated heterocycles. The molecule has 110 valence electrons. The molecule has 0 aliphatic heterocycles. The van der Waals surface area contributed by atoms with E-state index >= 15 is 0 Å². The van der Waals surface area contributed by atoms with Crippen molar-refractivity contribution < 1.29 is 9.53 Å². The molecule has 0 atom stereocenters. The number of benzene rings is 1. The molecule has 4 nitrogen and oxygen atoms in total. The second-order valence-corrected chi connectivity index (χ2v) is 6.12. The molecule has 5 heteroatoms. The van der Waals surface area contributed by atoms with Crippen molar-refractivity contribution in [3.8, 4) is 10.4 Å². The zero-order valence-electron chi connectivity index (χ0n) is 12.4. The van der Waals surface area contributed by atoms with Crippen LogP contribution in [0.2, 0.25) is 0 Å². The average Bonchev–Trinajstić information content (AvgIpc) is 2.97. The van der Waals surface area contributed by atoms with Gasteiger partial charge in [0.25, 0.3) is 0 Å². The molecular formula is C16H18N2O2S. The van der Waals surface area contributed by atoms with Crippen molar-refractivity contribution >= 4 is 28.1 Å². The largest absolute Gasteiger partial charge is 0.452 e. The summed E-state index contributed by atoms with van der Waals surface area (Å²) in [5.41, 5.74) is 5.07. The van der Waals surface area contributed by atoms with Crippen LogP contribution in [0.25, 0.3) is 10.4 Å². The lowest BCUT2D eigenvalue weighted by molar-refractivity contribution is 0.180. The van der Waals surface area contributed by atoms with Gasteiger partial charge in [0.1, 0.15) is 5.00 Å². The highest BCUT2D eigenvalue weighted by Gasteiger charge is 2.22. The van der Waals surface area contributed by atoms with E-state index in [1.165, 1.54) is 28.7 Å². The minimum absolute atomic E-state index is 0.335. The van der Waals surface area contributed by atoms with Crippen LogP contribution in [0.4, 0.5) is 15.5 Å². The molecular weight excluding hydrogens is 284 g/mol. The quantitative estimate of drug-likeness (QED) is 0.918. The minimum atomic E-state index is -0.335. The zero-order chi connectivity index (χ0) is 15.0. The molecule has 1 N–H and O–H groups in total. The number of aryl methyl sites for hydroxylation is 2. The lowest BCUT2D eigenvalue weighted by atomic mass is 9.91. The maximum atomic E-state index is 11.7. The fourth-order valence-corrected chi connectivity index (χ4v) is 3.86. The summed E-state index contributed by atoms with van der Waals surface area (Å²) < 4.78 is 4.79. The Morgan fingerprint density at radius 2 is 2.05 bits per heavy atom. The number of thiophene rings is 1. The standard InChI is InChI=1S/C16H18N2O2S/c1-17-12-7-6-10-4-5-11-8-14(18(2)16(19)20-3)21-15(11)13(10)9-12/h6-9,17H,4-5H2,1-3H3. The number of amides is 1. The number of methoxy groups -OCH3 is 1. The van der Waals surface area contributed by atoms with Crippen molar-refractivity contribution in [1.82, 2.24) is 0 Å². The number of rotatable bonds is 2. The molecule has 1 aromatic heterocycles. The molecule has 1 heterocycles. The van der Waals surface area contributed by atoms with Crippen molar-refractivity contribution in [2.24, 2.45) is 0 Å². The number of carbonyl (C=O) groups is 1. The highest BCUT2D eigenvalue weighted by atomic mass is 32.1. The van der Waals surface area contributed by atoms with Gasteiger partial charge in [0.15, 0.2) is 0 Å². The number of fused-ring (bicyclic) bond motifs is 3. The number of nitrogens with one attached hydrogen (secondary N) is 1. The van der Waals surface area contributed by atoms with Gasteiger partial charge in [-0.1, -0.05) is 6.07 Å². The third-order valence-corrected chi connectivity index (χ3v) is 5.17. The lowest BCUT2D eigenvalue weighted by Crippen LogP contribution is -2.24. The maximum Gasteiger partial charge on any atom is 0.414 e. The summed E-state index contributed by atoms with van der Waals surface area (Å²) in [5, 5.41) is 4.11. The Morgan fingerprint density at radius 3 is 2.76 bits per heavy atom. The molecule has 2 aromatic rings. The van der Waals surface area contributed by atoms with Crippen LogP contribution in [0.3, 0.4) is 0 Å². The first-order valence-corrected chi connectivity index (χ1v) is 7.71. The first-order chi connectivity index (χ1) is 10.1. The van der Waals surface area contributed by atoms with E-state index in [4.69, 9.17) is 4.74 Å². The molecule has 0 bridgehead atoms. The van der Waals surface area contributed by atoms with Crippen molar-refractivity contribution in [3.05, 3.63) is 35.4 Å². The van der Waals surface area contributed by atoms with Crippen molar-refractivity contribution in [3.63, 3.8) is 0 Å². The van der Waals surface area contributed by atoms with E-state index in [1.54, 1.807) is 23.3 Å². The SMILES string of the molecule is CNc1ccc2c(c1)-c1sc(N(C)C(=O)OC)cc1CC2. The Balaban J connectivity index is 2.04. The Morgan fingerprint density at radius 1 is 1.29 bits per heavy atom. The van der Waals surface area contributed by atoms with E-state index in [0.717, 1.165) is 23.5 Å². The fourth-order valence-electron chi connectivity index (χ4n) is 2.65. The van der Waals surface area contributed by atoms with Gasteiger partial charge < -0.3 is 10.1 Å².